The van der Waals surface area contributed by atoms with Crippen molar-refractivity contribution in [2.45, 2.75) is 197 Å². The summed E-state index contributed by atoms with van der Waals surface area (Å²) in [5.41, 5.74) is -1.36. The molecule has 19 atom stereocenters. The third-order valence-corrected chi connectivity index (χ3v) is 17.4. The minimum atomic E-state index is -1.47. The minimum absolute atomic E-state index is 0.00885. The van der Waals surface area contributed by atoms with Crippen LogP contribution in [0.15, 0.2) is 85.0 Å². The number of hydrogen-bond donors (Lipinski definition) is 8. The van der Waals surface area contributed by atoms with E-state index in [1.165, 1.54) is 26.2 Å². The van der Waals surface area contributed by atoms with Crippen LogP contribution >= 0.6 is 0 Å². The minimum Gasteiger partial charge on any atom is -0.507 e. The van der Waals surface area contributed by atoms with E-state index in [2.05, 4.69) is 4.90 Å². The Kier molecular flexibility index (Phi) is 24.3. The zero-order chi connectivity index (χ0) is 64.5. The van der Waals surface area contributed by atoms with E-state index in [9.17, 15) is 60.0 Å². The van der Waals surface area contributed by atoms with Gasteiger partial charge in [-0.25, -0.2) is 9.59 Å². The Morgan fingerprint density at radius 3 is 1.86 bits per heavy atom. The van der Waals surface area contributed by atoms with E-state index in [1.807, 2.05) is 52.2 Å². The number of carbonyl (C=O) groups excluding carboxylic acids is 2. The number of aromatic hydroxyl groups is 2. The molecular formula is C66H90N2O20. The smallest absolute Gasteiger partial charge is 0.339 e. The second-order valence-corrected chi connectivity index (χ2v) is 24.5. The van der Waals surface area contributed by atoms with Crippen molar-refractivity contribution in [3.05, 3.63) is 107 Å². The van der Waals surface area contributed by atoms with Crippen LogP contribution in [-0.2, 0) is 53.9 Å². The summed E-state index contributed by atoms with van der Waals surface area (Å²) in [7, 11) is 9.03. The van der Waals surface area contributed by atoms with Gasteiger partial charge in [-0.05, 0) is 128 Å². The van der Waals surface area contributed by atoms with Crippen LogP contribution in [0.25, 0.3) is 21.5 Å². The van der Waals surface area contributed by atoms with E-state index in [-0.39, 0.29) is 48.5 Å². The molecule has 4 aliphatic rings. The van der Waals surface area contributed by atoms with Gasteiger partial charge in [0.1, 0.15) is 59.4 Å². The Hall–Kier alpha value is -5.96. The molecule has 22 nitrogen and oxygen atoms in total. The number of carboxylic acid groups (broad SMARTS) is 2. The maximum atomic E-state index is 13.1. The maximum absolute atomic E-state index is 13.1. The van der Waals surface area contributed by atoms with Gasteiger partial charge < -0.3 is 93.3 Å². The number of aliphatic hydroxyl groups is 4. The number of carbonyl (C=O) groups is 4. The molecule has 4 heterocycles. The van der Waals surface area contributed by atoms with E-state index in [4.69, 9.17) is 37.9 Å². The molecule has 0 aliphatic carbocycles. The van der Waals surface area contributed by atoms with E-state index in [1.54, 1.807) is 88.3 Å². The Bertz CT molecular complexity index is 2980. The number of rotatable bonds is 15. The first-order valence-electron chi connectivity index (χ1n) is 30.1. The highest BCUT2D eigenvalue weighted by atomic mass is 16.7. The lowest BCUT2D eigenvalue weighted by atomic mass is 9.82. The summed E-state index contributed by atoms with van der Waals surface area (Å²) in [6, 6.07) is 16.3. The number of carboxylic acids is 2. The zero-order valence-corrected chi connectivity index (χ0v) is 52.1. The van der Waals surface area contributed by atoms with Gasteiger partial charge in [-0.3, -0.25) is 4.79 Å². The molecule has 22 heteroatoms. The molecule has 484 valence electrons. The number of ether oxygens (including phenoxy) is 8. The third kappa shape index (κ3) is 16.7. The number of hydrogen-bond acceptors (Lipinski definition) is 20. The molecular weight excluding hydrogens is 1140 g/mol. The lowest BCUT2D eigenvalue weighted by Crippen LogP contribution is -2.65. The third-order valence-electron chi connectivity index (χ3n) is 17.4. The van der Waals surface area contributed by atoms with Crippen molar-refractivity contribution in [2.75, 3.05) is 35.3 Å². The number of aromatic carboxylic acids is 2. The van der Waals surface area contributed by atoms with Crippen LogP contribution in [0.1, 0.15) is 118 Å². The molecule has 0 aromatic heterocycles. The van der Waals surface area contributed by atoms with Crippen molar-refractivity contribution in [3.63, 3.8) is 0 Å². The molecule has 0 amide bonds. The number of fused-ring (bicyclic) bond motifs is 2. The molecule has 3 saturated heterocycles. The fraction of sp³-hybridized carbons (Fsp3) is 0.576. The number of benzene rings is 4. The molecule has 4 aliphatic heterocycles. The first kappa shape index (κ1) is 69.5. The molecule has 8 N–H and O–H groups in total. The van der Waals surface area contributed by atoms with Crippen molar-refractivity contribution in [1.82, 2.24) is 9.80 Å². The van der Waals surface area contributed by atoms with Crippen LogP contribution in [0, 0.1) is 11.8 Å². The van der Waals surface area contributed by atoms with Gasteiger partial charge in [0, 0.05) is 50.0 Å². The van der Waals surface area contributed by atoms with Gasteiger partial charge >= 0.3 is 17.9 Å². The molecule has 0 spiro atoms. The van der Waals surface area contributed by atoms with Crippen molar-refractivity contribution in [3.8, 4) is 11.5 Å². The van der Waals surface area contributed by atoms with Crippen LogP contribution in [0.2, 0.25) is 0 Å². The predicted octanol–water partition coefficient (Wildman–Crippen LogP) is 6.72. The normalized spacial score (nSPS) is 34.4. The van der Waals surface area contributed by atoms with Crippen LogP contribution in [0.4, 0.5) is 0 Å². The number of methoxy groups -OCH3 is 1. The van der Waals surface area contributed by atoms with Crippen LogP contribution in [0.5, 0.6) is 11.5 Å². The summed E-state index contributed by atoms with van der Waals surface area (Å²) in [5, 5.41) is 87.9. The molecule has 0 bridgehead atoms. The highest BCUT2D eigenvalue weighted by Gasteiger charge is 2.52. The molecule has 4 aromatic carbocycles. The Labute approximate surface area is 514 Å². The fourth-order valence-electron chi connectivity index (χ4n) is 12.8. The number of cyclic esters (lactones) is 1. The van der Waals surface area contributed by atoms with Crippen molar-refractivity contribution in [2.24, 2.45) is 11.8 Å². The van der Waals surface area contributed by atoms with E-state index >= 15 is 0 Å². The van der Waals surface area contributed by atoms with Crippen molar-refractivity contribution < 1.29 is 97.9 Å². The molecule has 0 radical (unpaired) electrons. The molecule has 4 aromatic rings. The molecule has 3 fully saturated rings. The summed E-state index contributed by atoms with van der Waals surface area (Å²) >= 11 is 0. The Morgan fingerprint density at radius 1 is 0.739 bits per heavy atom. The second kappa shape index (κ2) is 30.7. The average molecular weight is 1230 g/mol. The van der Waals surface area contributed by atoms with Crippen LogP contribution < -0.4 is 0 Å². The quantitative estimate of drug-likeness (QED) is 0.0452. The Balaban J connectivity index is 0.000000315. The van der Waals surface area contributed by atoms with E-state index in [0.29, 0.717) is 51.9 Å². The first-order chi connectivity index (χ1) is 41.6. The number of likely N-dealkylation sites (N-methyl/N-ethyl adjacent to an activating group) is 2. The number of allylic oxidation sites excluding steroid dienone is 2. The molecule has 0 saturated carbocycles. The standard InChI is InChI=1S/C43H74N2O14.C23H16O6/c1-24-21-29(19-20-46)39(59-42-37(49)36(45(9)10)38(27(4)56-42)58-35-23-43(6,51)41(50)28(5)55-35)40(52-11)31(47)22-33(48)53-25(2)15-13-12-14-16-32(24)57-34-18-17-30(44(7)8)26(3)54-34;24-20-16(14-7-3-1-5-12(14)9-18(20)22(26)27)11-17-15-8-4-2-6-13(15)10-19(21(17)25)23(28)29/h12-14,16,20,24-32,34-42,47,49-51H,15,17-19,21-23H2,1-11H3;1-10,24-25H,11H2,(H,26,27)(H,28,29)/b13-12+,16-14+;/t24-,25-,26-,27-,28+,29+,30+,31-,32+,34-,35+,36-,37-,38-,39+,40+,41+,42+,43-;/m1./s1. The maximum Gasteiger partial charge on any atom is 0.339 e. The number of aldehydes is 1. The van der Waals surface area contributed by atoms with Gasteiger partial charge in [-0.2, -0.15) is 0 Å². The molecule has 8 rings (SSSR count). The van der Waals surface area contributed by atoms with Crippen molar-refractivity contribution in [1.29, 1.82) is 0 Å². The highest BCUT2D eigenvalue weighted by Crippen LogP contribution is 2.41. The van der Waals surface area contributed by atoms with Crippen LogP contribution in [-0.4, -0.2) is 214 Å². The lowest BCUT2D eigenvalue weighted by molar-refractivity contribution is -0.344. The van der Waals surface area contributed by atoms with E-state index in [0.717, 1.165) is 12.7 Å². The summed E-state index contributed by atoms with van der Waals surface area (Å²) in [5.74, 6) is -4.82. The fourth-order valence-corrected chi connectivity index (χ4v) is 12.8. The first-order valence-corrected chi connectivity index (χ1v) is 30.1. The Morgan fingerprint density at radius 2 is 1.33 bits per heavy atom. The van der Waals surface area contributed by atoms with Gasteiger partial charge in [0.05, 0.1) is 54.7 Å². The number of phenols is 2. The summed E-state index contributed by atoms with van der Waals surface area (Å²) < 4.78 is 50.0. The van der Waals surface area contributed by atoms with Gasteiger partial charge in [0.25, 0.3) is 0 Å². The average Bonchev–Trinajstić information content (AvgIpc) is 2.19. The number of aliphatic hydroxyl groups excluding tert-OH is 3. The highest BCUT2D eigenvalue weighted by molar-refractivity contribution is 6.02. The van der Waals surface area contributed by atoms with Gasteiger partial charge in [0.2, 0.25) is 0 Å². The predicted molar refractivity (Wildman–Crippen MR) is 325 cm³/mol. The molecule has 88 heavy (non-hydrogen) atoms. The summed E-state index contributed by atoms with van der Waals surface area (Å²) in [4.78, 5) is 52.7. The van der Waals surface area contributed by atoms with Gasteiger partial charge in [-0.15, -0.1) is 0 Å². The topological polar surface area (TPSA) is 310 Å². The second-order valence-electron chi connectivity index (χ2n) is 24.5. The number of esters is 1. The monoisotopic (exact) mass is 1230 g/mol. The number of nitrogens with zero attached hydrogens (tertiary/aromatic N) is 2. The summed E-state index contributed by atoms with van der Waals surface area (Å²) in [6.07, 6.45) is -1.60. The van der Waals surface area contributed by atoms with Gasteiger partial charge in [-0.1, -0.05) is 79.8 Å². The zero-order valence-electron chi connectivity index (χ0n) is 52.1. The van der Waals surface area contributed by atoms with Crippen LogP contribution in [0.3, 0.4) is 0 Å². The van der Waals surface area contributed by atoms with Crippen molar-refractivity contribution >= 4 is 45.7 Å². The van der Waals surface area contributed by atoms with Gasteiger partial charge in [0.15, 0.2) is 18.9 Å². The lowest BCUT2D eigenvalue weighted by Gasteiger charge is -2.50. The molecule has 0 unspecified atom stereocenters. The SMILES string of the molecule is CO[C@@H]1[C@@H](O[C@@H]2O[C@H](C)[C@@H](O[C@H]3C[C@@](C)(O)[C@@H](O)[C@H](C)O3)[C@H](N(C)C)[C@H]2O)[C@@H](CC=O)C[C@@H](C)[C@@H](O[C@@H]2CC[C@H](N(C)C)[C@@H](C)O2)/C=C/C=C/C[C@@H](C)OC(=O)C[C@H]1O.O=C(O)c1cc2ccccc2c(Cc2c(O)c(C(=O)O)cc3ccccc23)c1O. The largest absolute Gasteiger partial charge is 0.507 e. The van der Waals surface area contributed by atoms with E-state index < -0.39 is 133 Å². The summed E-state index contributed by atoms with van der Waals surface area (Å²) in [6.45, 7) is 10.8.